The molecule has 0 N–H and O–H groups in total. The van der Waals surface area contributed by atoms with E-state index in [-0.39, 0.29) is 11.7 Å². The normalized spacial score (nSPS) is 19.9. The second-order valence-corrected chi connectivity index (χ2v) is 4.96. The molecule has 0 spiro atoms. The van der Waals surface area contributed by atoms with E-state index in [9.17, 15) is 9.59 Å². The maximum Gasteiger partial charge on any atom is 0.222 e. The summed E-state index contributed by atoms with van der Waals surface area (Å²) in [6, 6.07) is 0.291. The standard InChI is InChI=1S/C13H23NO2/c1-4-12(9-11(3)15)8-10(2)14-7-5-6-13(14)16/h10,12H,4-9H2,1-3H3. The molecule has 0 aromatic heterocycles. The van der Waals surface area contributed by atoms with Gasteiger partial charge in [-0.15, -0.1) is 0 Å². The van der Waals surface area contributed by atoms with E-state index in [1.165, 1.54) is 0 Å². The first kappa shape index (κ1) is 13.2. The van der Waals surface area contributed by atoms with Gasteiger partial charge in [0.15, 0.2) is 0 Å². The Hall–Kier alpha value is -0.860. The van der Waals surface area contributed by atoms with Gasteiger partial charge in [-0.2, -0.15) is 0 Å². The fourth-order valence-electron chi connectivity index (χ4n) is 2.55. The van der Waals surface area contributed by atoms with Crippen LogP contribution in [0.2, 0.25) is 0 Å². The first-order valence-corrected chi connectivity index (χ1v) is 6.33. The number of nitrogens with zero attached hydrogens (tertiary/aromatic N) is 1. The summed E-state index contributed by atoms with van der Waals surface area (Å²) in [5, 5.41) is 0. The van der Waals surface area contributed by atoms with E-state index in [0.29, 0.717) is 24.8 Å². The molecule has 92 valence electrons. The van der Waals surface area contributed by atoms with Gasteiger partial charge in [0, 0.05) is 25.4 Å². The van der Waals surface area contributed by atoms with Crippen LogP contribution in [0.1, 0.15) is 52.9 Å². The van der Waals surface area contributed by atoms with E-state index >= 15 is 0 Å². The molecule has 0 aliphatic carbocycles. The van der Waals surface area contributed by atoms with Crippen molar-refractivity contribution in [2.45, 2.75) is 58.9 Å². The zero-order chi connectivity index (χ0) is 12.1. The van der Waals surface area contributed by atoms with Crippen molar-refractivity contribution in [1.82, 2.24) is 4.90 Å². The highest BCUT2D eigenvalue weighted by molar-refractivity contribution is 5.78. The Kier molecular flexibility index (Phi) is 4.97. The van der Waals surface area contributed by atoms with Crippen LogP contribution in [-0.4, -0.2) is 29.2 Å². The molecule has 1 fully saturated rings. The average Bonchev–Trinajstić information content (AvgIpc) is 2.62. The monoisotopic (exact) mass is 225 g/mol. The van der Waals surface area contributed by atoms with Crippen LogP contribution >= 0.6 is 0 Å². The van der Waals surface area contributed by atoms with E-state index in [1.807, 2.05) is 4.90 Å². The minimum absolute atomic E-state index is 0.256. The molecule has 0 aromatic carbocycles. The quantitative estimate of drug-likeness (QED) is 0.696. The van der Waals surface area contributed by atoms with Crippen molar-refractivity contribution < 1.29 is 9.59 Å². The topological polar surface area (TPSA) is 37.4 Å². The van der Waals surface area contributed by atoms with Crippen molar-refractivity contribution in [3.63, 3.8) is 0 Å². The summed E-state index contributed by atoms with van der Waals surface area (Å²) < 4.78 is 0. The molecule has 1 rings (SSSR count). The summed E-state index contributed by atoms with van der Waals surface area (Å²) in [4.78, 5) is 24.6. The number of ketones is 1. The smallest absolute Gasteiger partial charge is 0.222 e. The lowest BCUT2D eigenvalue weighted by Gasteiger charge is -2.27. The van der Waals surface area contributed by atoms with Gasteiger partial charge in [0.2, 0.25) is 5.91 Å². The van der Waals surface area contributed by atoms with Crippen LogP contribution in [0, 0.1) is 5.92 Å². The molecule has 1 amide bonds. The highest BCUT2D eigenvalue weighted by Gasteiger charge is 2.26. The summed E-state index contributed by atoms with van der Waals surface area (Å²) in [5.41, 5.74) is 0. The molecule has 0 bridgehead atoms. The van der Waals surface area contributed by atoms with Crippen LogP contribution in [0.3, 0.4) is 0 Å². The molecule has 3 nitrogen and oxygen atoms in total. The van der Waals surface area contributed by atoms with Gasteiger partial charge in [0.05, 0.1) is 0 Å². The van der Waals surface area contributed by atoms with Crippen molar-refractivity contribution in [2.75, 3.05) is 6.54 Å². The number of amides is 1. The zero-order valence-electron chi connectivity index (χ0n) is 10.7. The fourth-order valence-corrected chi connectivity index (χ4v) is 2.55. The average molecular weight is 225 g/mol. The predicted octanol–water partition coefficient (Wildman–Crippen LogP) is 2.39. The molecule has 1 aliphatic rings. The molecule has 1 saturated heterocycles. The van der Waals surface area contributed by atoms with Gasteiger partial charge in [0.25, 0.3) is 0 Å². The lowest BCUT2D eigenvalue weighted by molar-refractivity contribution is -0.129. The van der Waals surface area contributed by atoms with Gasteiger partial charge >= 0.3 is 0 Å². The Morgan fingerprint density at radius 3 is 2.62 bits per heavy atom. The second-order valence-electron chi connectivity index (χ2n) is 4.96. The molecule has 16 heavy (non-hydrogen) atoms. The van der Waals surface area contributed by atoms with Gasteiger partial charge in [-0.3, -0.25) is 4.79 Å². The molecular weight excluding hydrogens is 202 g/mol. The molecule has 2 atom stereocenters. The lowest BCUT2D eigenvalue weighted by atomic mass is 9.92. The summed E-state index contributed by atoms with van der Waals surface area (Å²) >= 11 is 0. The van der Waals surface area contributed by atoms with E-state index < -0.39 is 0 Å². The third-order valence-electron chi connectivity index (χ3n) is 3.47. The first-order chi connectivity index (χ1) is 7.54. The molecule has 0 radical (unpaired) electrons. The van der Waals surface area contributed by atoms with Gasteiger partial charge in [-0.1, -0.05) is 13.3 Å². The minimum atomic E-state index is 0.256. The highest BCUT2D eigenvalue weighted by Crippen LogP contribution is 2.22. The van der Waals surface area contributed by atoms with Crippen LogP contribution in [0.25, 0.3) is 0 Å². The lowest BCUT2D eigenvalue weighted by Crippen LogP contribution is -2.35. The van der Waals surface area contributed by atoms with Crippen molar-refractivity contribution in [3.05, 3.63) is 0 Å². The van der Waals surface area contributed by atoms with E-state index in [0.717, 1.165) is 25.8 Å². The second kappa shape index (κ2) is 6.02. The van der Waals surface area contributed by atoms with Crippen molar-refractivity contribution in [3.8, 4) is 0 Å². The zero-order valence-corrected chi connectivity index (χ0v) is 10.7. The van der Waals surface area contributed by atoms with Crippen LogP contribution in [0.5, 0.6) is 0 Å². The number of rotatable bonds is 6. The van der Waals surface area contributed by atoms with Gasteiger partial charge in [0.1, 0.15) is 5.78 Å². The SMILES string of the molecule is CCC(CC(C)=O)CC(C)N1CCCC1=O. The van der Waals surface area contributed by atoms with Gasteiger partial charge in [-0.25, -0.2) is 0 Å². The summed E-state index contributed by atoms with van der Waals surface area (Å²) in [7, 11) is 0. The van der Waals surface area contributed by atoms with Crippen molar-refractivity contribution in [1.29, 1.82) is 0 Å². The number of hydrogen-bond acceptors (Lipinski definition) is 2. The highest BCUT2D eigenvalue weighted by atomic mass is 16.2. The molecular formula is C13H23NO2. The molecule has 0 aromatic rings. The molecule has 3 heteroatoms. The van der Waals surface area contributed by atoms with Crippen LogP contribution < -0.4 is 0 Å². The maximum atomic E-state index is 11.6. The largest absolute Gasteiger partial charge is 0.340 e. The first-order valence-electron chi connectivity index (χ1n) is 6.33. The Morgan fingerprint density at radius 2 is 2.19 bits per heavy atom. The van der Waals surface area contributed by atoms with Crippen LogP contribution in [0.4, 0.5) is 0 Å². The molecule has 1 aliphatic heterocycles. The van der Waals surface area contributed by atoms with E-state index in [2.05, 4.69) is 13.8 Å². The number of likely N-dealkylation sites (tertiary alicyclic amines) is 1. The predicted molar refractivity (Wildman–Crippen MR) is 64.1 cm³/mol. The van der Waals surface area contributed by atoms with Crippen LogP contribution in [-0.2, 0) is 9.59 Å². The minimum Gasteiger partial charge on any atom is -0.340 e. The molecule has 2 unspecified atom stereocenters. The van der Waals surface area contributed by atoms with E-state index in [1.54, 1.807) is 6.92 Å². The van der Waals surface area contributed by atoms with Gasteiger partial charge < -0.3 is 9.69 Å². The Bertz CT molecular complexity index is 263. The van der Waals surface area contributed by atoms with E-state index in [4.69, 9.17) is 0 Å². The third-order valence-corrected chi connectivity index (χ3v) is 3.47. The molecule has 1 heterocycles. The number of carbonyl (C=O) groups is 2. The Labute approximate surface area is 98.2 Å². The molecule has 0 saturated carbocycles. The number of Topliss-reactive ketones (excluding diaryl/α,β-unsaturated/α-hetero) is 1. The van der Waals surface area contributed by atoms with Crippen molar-refractivity contribution >= 4 is 11.7 Å². The van der Waals surface area contributed by atoms with Crippen LogP contribution in [0.15, 0.2) is 0 Å². The summed E-state index contributed by atoms with van der Waals surface area (Å²) in [5.74, 6) is 0.970. The maximum absolute atomic E-state index is 11.6. The Balaban J connectivity index is 2.44. The Morgan fingerprint density at radius 1 is 1.50 bits per heavy atom. The summed E-state index contributed by atoms with van der Waals surface area (Å²) in [6.45, 7) is 6.77. The third kappa shape index (κ3) is 3.62. The number of carbonyl (C=O) groups excluding carboxylic acids is 2. The van der Waals surface area contributed by atoms with Crippen molar-refractivity contribution in [2.24, 2.45) is 5.92 Å². The number of hydrogen-bond donors (Lipinski definition) is 0. The fraction of sp³-hybridized carbons (Fsp3) is 0.846. The summed E-state index contributed by atoms with van der Waals surface area (Å²) in [6.07, 6.45) is 4.33. The van der Waals surface area contributed by atoms with Gasteiger partial charge in [-0.05, 0) is 32.6 Å².